The van der Waals surface area contributed by atoms with E-state index in [9.17, 15) is 0 Å². The molecule has 0 N–H and O–H groups in total. The summed E-state index contributed by atoms with van der Waals surface area (Å²) in [5.41, 5.74) is 2.89. The Morgan fingerprint density at radius 1 is 1.00 bits per heavy atom. The number of aromatic nitrogens is 3. The highest BCUT2D eigenvalue weighted by molar-refractivity contribution is 6.32. The number of fused-ring (bicyclic) bond motifs is 1. The Labute approximate surface area is 108 Å². The fourth-order valence-corrected chi connectivity index (χ4v) is 2.01. The number of hydrogen-bond donors (Lipinski definition) is 0. The van der Waals surface area contributed by atoms with Crippen LogP contribution in [0, 0.1) is 0 Å². The predicted molar refractivity (Wildman–Crippen MR) is 68.4 cm³/mol. The molecule has 84 valence electrons. The summed E-state index contributed by atoms with van der Waals surface area (Å²) in [5, 5.41) is 5.26. The Balaban J connectivity index is 2.18. The van der Waals surface area contributed by atoms with Gasteiger partial charge in [0.05, 0.1) is 0 Å². The van der Waals surface area contributed by atoms with Crippen molar-refractivity contribution < 1.29 is 0 Å². The third kappa shape index (κ3) is 1.88. The molecule has 0 atom stereocenters. The third-order valence-corrected chi connectivity index (χ3v) is 3.08. The maximum atomic E-state index is 5.99. The number of nitrogens with zero attached hydrogens (tertiary/aromatic N) is 3. The van der Waals surface area contributed by atoms with E-state index >= 15 is 0 Å². The van der Waals surface area contributed by atoms with Gasteiger partial charge in [0.2, 0.25) is 0 Å². The number of rotatable bonds is 1. The fraction of sp³-hybridized carbons (Fsp3) is 0. The molecular formula is C12H7Cl2N3. The second-order valence-corrected chi connectivity index (χ2v) is 4.41. The first-order valence-electron chi connectivity index (χ1n) is 4.99. The summed E-state index contributed by atoms with van der Waals surface area (Å²) >= 11 is 11.8. The van der Waals surface area contributed by atoms with E-state index in [-0.39, 0.29) is 0 Å². The molecule has 0 saturated heterocycles. The molecule has 0 radical (unpaired) electrons. The molecule has 2 heterocycles. The lowest BCUT2D eigenvalue weighted by atomic mass is 10.1. The van der Waals surface area contributed by atoms with Crippen LogP contribution in [0.4, 0.5) is 0 Å². The van der Waals surface area contributed by atoms with Gasteiger partial charge in [-0.25, -0.2) is 9.50 Å². The van der Waals surface area contributed by atoms with Crippen molar-refractivity contribution in [2.24, 2.45) is 0 Å². The third-order valence-electron chi connectivity index (χ3n) is 2.54. The monoisotopic (exact) mass is 263 g/mol. The molecule has 17 heavy (non-hydrogen) atoms. The molecular weight excluding hydrogens is 257 g/mol. The van der Waals surface area contributed by atoms with Crippen molar-refractivity contribution >= 4 is 28.7 Å². The summed E-state index contributed by atoms with van der Waals surface area (Å²) in [7, 11) is 0. The van der Waals surface area contributed by atoms with Crippen molar-refractivity contribution in [1.29, 1.82) is 0 Å². The Morgan fingerprint density at radius 2 is 1.76 bits per heavy atom. The van der Waals surface area contributed by atoms with E-state index in [1.54, 1.807) is 4.52 Å². The zero-order valence-corrected chi connectivity index (χ0v) is 10.2. The maximum Gasteiger partial charge on any atom is 0.156 e. The number of hydrogen-bond acceptors (Lipinski definition) is 2. The first-order chi connectivity index (χ1) is 8.24. The van der Waals surface area contributed by atoms with Crippen molar-refractivity contribution in [2.75, 3.05) is 0 Å². The van der Waals surface area contributed by atoms with Gasteiger partial charge in [0, 0.05) is 16.8 Å². The first-order valence-corrected chi connectivity index (χ1v) is 5.74. The van der Waals surface area contributed by atoms with Crippen LogP contribution in [0.5, 0.6) is 0 Å². The molecule has 0 spiro atoms. The van der Waals surface area contributed by atoms with Gasteiger partial charge in [-0.2, -0.15) is 5.10 Å². The normalized spacial score (nSPS) is 10.9. The van der Waals surface area contributed by atoms with Crippen LogP contribution in [0.25, 0.3) is 16.6 Å². The summed E-state index contributed by atoms with van der Waals surface area (Å²) in [4.78, 5) is 3.94. The van der Waals surface area contributed by atoms with E-state index in [0.717, 1.165) is 21.7 Å². The summed E-state index contributed by atoms with van der Waals surface area (Å²) in [5.74, 6) is 0. The van der Waals surface area contributed by atoms with E-state index in [0.29, 0.717) is 5.15 Å². The molecule has 0 aliphatic rings. The van der Waals surface area contributed by atoms with E-state index in [4.69, 9.17) is 23.2 Å². The molecule has 3 aromatic rings. The van der Waals surface area contributed by atoms with Gasteiger partial charge < -0.3 is 0 Å². The molecule has 5 heteroatoms. The molecule has 2 aromatic heterocycles. The summed E-state index contributed by atoms with van der Waals surface area (Å²) in [6.45, 7) is 0. The molecule has 0 aliphatic heterocycles. The van der Waals surface area contributed by atoms with E-state index in [1.807, 2.05) is 36.5 Å². The molecule has 1 aromatic carbocycles. The quantitative estimate of drug-likeness (QED) is 0.670. The lowest BCUT2D eigenvalue weighted by Crippen LogP contribution is -1.90. The highest BCUT2D eigenvalue weighted by Crippen LogP contribution is 2.25. The van der Waals surface area contributed by atoms with Crippen LogP contribution in [0.3, 0.4) is 0 Å². The molecule has 0 amide bonds. The minimum absolute atomic E-state index is 0.445. The topological polar surface area (TPSA) is 30.2 Å². The van der Waals surface area contributed by atoms with Crippen LogP contribution in [0.1, 0.15) is 0 Å². The Morgan fingerprint density at radius 3 is 2.47 bits per heavy atom. The van der Waals surface area contributed by atoms with Crippen LogP contribution in [0.2, 0.25) is 10.2 Å². The average Bonchev–Trinajstić information content (AvgIpc) is 2.75. The first kappa shape index (κ1) is 10.6. The van der Waals surface area contributed by atoms with Gasteiger partial charge in [-0.15, -0.1) is 0 Å². The summed E-state index contributed by atoms with van der Waals surface area (Å²) < 4.78 is 1.71. The fourth-order valence-electron chi connectivity index (χ4n) is 1.70. The highest BCUT2D eigenvalue weighted by atomic mass is 35.5. The zero-order valence-electron chi connectivity index (χ0n) is 8.64. The minimum atomic E-state index is 0.445. The van der Waals surface area contributed by atoms with Gasteiger partial charge in [0.15, 0.2) is 5.15 Å². The lowest BCUT2D eigenvalue weighted by molar-refractivity contribution is 0.904. The number of halogens is 2. The van der Waals surface area contributed by atoms with Crippen LogP contribution in [0.15, 0.2) is 42.9 Å². The van der Waals surface area contributed by atoms with Crippen molar-refractivity contribution in [1.82, 2.24) is 14.6 Å². The van der Waals surface area contributed by atoms with Crippen LogP contribution in [-0.4, -0.2) is 14.6 Å². The van der Waals surface area contributed by atoms with Gasteiger partial charge in [0.25, 0.3) is 0 Å². The van der Waals surface area contributed by atoms with Gasteiger partial charge in [-0.1, -0.05) is 35.3 Å². The number of benzene rings is 1. The van der Waals surface area contributed by atoms with Crippen LogP contribution >= 0.6 is 23.2 Å². The van der Waals surface area contributed by atoms with Gasteiger partial charge in [-0.3, -0.25) is 0 Å². The molecule has 3 rings (SSSR count). The summed E-state index contributed by atoms with van der Waals surface area (Å²) in [6, 6.07) is 9.57. The van der Waals surface area contributed by atoms with E-state index < -0.39 is 0 Å². The van der Waals surface area contributed by atoms with Crippen molar-refractivity contribution in [3.8, 4) is 11.1 Å². The molecule has 0 saturated carbocycles. The summed E-state index contributed by atoms with van der Waals surface area (Å²) in [6.07, 6.45) is 3.34. The van der Waals surface area contributed by atoms with Crippen LogP contribution in [-0.2, 0) is 0 Å². The average molecular weight is 264 g/mol. The maximum absolute atomic E-state index is 5.99. The SMILES string of the molecule is Clc1ccc(-c2cc3c(Cl)ncnn3c2)cc1. The van der Waals surface area contributed by atoms with E-state index in [2.05, 4.69) is 10.1 Å². The predicted octanol–water partition coefficient (Wildman–Crippen LogP) is 3.70. The van der Waals surface area contributed by atoms with Gasteiger partial charge in [0.1, 0.15) is 11.8 Å². The van der Waals surface area contributed by atoms with Gasteiger partial charge >= 0.3 is 0 Å². The standard InChI is InChI=1S/C12H7Cl2N3/c13-10-3-1-8(2-4-10)9-5-11-12(14)15-7-16-17(11)6-9/h1-7H. The van der Waals surface area contributed by atoms with Gasteiger partial charge in [-0.05, 0) is 23.8 Å². The molecule has 0 fully saturated rings. The Kier molecular flexibility index (Phi) is 2.50. The molecule has 3 nitrogen and oxygen atoms in total. The lowest BCUT2D eigenvalue weighted by Gasteiger charge is -1.96. The Bertz CT molecular complexity index is 674. The van der Waals surface area contributed by atoms with E-state index in [1.165, 1.54) is 6.33 Å². The smallest absolute Gasteiger partial charge is 0.156 e. The second-order valence-electron chi connectivity index (χ2n) is 3.62. The van der Waals surface area contributed by atoms with Crippen molar-refractivity contribution in [3.63, 3.8) is 0 Å². The highest BCUT2D eigenvalue weighted by Gasteiger charge is 2.06. The molecule has 0 bridgehead atoms. The largest absolute Gasteiger partial charge is 0.236 e. The van der Waals surface area contributed by atoms with Crippen molar-refractivity contribution in [2.45, 2.75) is 0 Å². The zero-order chi connectivity index (χ0) is 11.8. The van der Waals surface area contributed by atoms with Crippen LogP contribution < -0.4 is 0 Å². The molecule has 0 unspecified atom stereocenters. The van der Waals surface area contributed by atoms with Crippen molar-refractivity contribution in [3.05, 3.63) is 53.0 Å². The Hall–Kier alpha value is -1.58. The molecule has 0 aliphatic carbocycles. The second kappa shape index (κ2) is 4.02. The minimum Gasteiger partial charge on any atom is -0.236 e.